The van der Waals surface area contributed by atoms with Crippen LogP contribution in [-0.4, -0.2) is 30.2 Å². The van der Waals surface area contributed by atoms with E-state index in [1.54, 1.807) is 16.2 Å². The smallest absolute Gasteiger partial charge is 0.410 e. The number of rotatable bonds is 5. The molecule has 1 aliphatic heterocycles. The molecule has 6 nitrogen and oxygen atoms in total. The molecule has 1 saturated heterocycles. The van der Waals surface area contributed by atoms with E-state index in [2.05, 4.69) is 30.5 Å². The van der Waals surface area contributed by atoms with Crippen LogP contribution in [0.3, 0.4) is 0 Å². The number of aryl methyl sites for hydroxylation is 2. The molecule has 0 unspecified atom stereocenters. The molecule has 26 heavy (non-hydrogen) atoms. The predicted octanol–water partition coefficient (Wildman–Crippen LogP) is 4.20. The van der Waals surface area contributed by atoms with Gasteiger partial charge in [0.25, 0.3) is 0 Å². The third-order valence-electron chi connectivity index (χ3n) is 4.32. The van der Waals surface area contributed by atoms with Crippen LogP contribution in [0.4, 0.5) is 15.3 Å². The van der Waals surface area contributed by atoms with Gasteiger partial charge in [0.1, 0.15) is 6.61 Å². The number of nitrogens with zero attached hydrogens (tertiary/aromatic N) is 1. The van der Waals surface area contributed by atoms with E-state index in [4.69, 9.17) is 4.74 Å². The van der Waals surface area contributed by atoms with Gasteiger partial charge in [-0.25, -0.2) is 9.59 Å². The molecule has 2 N–H and O–H groups in total. The van der Waals surface area contributed by atoms with Crippen LogP contribution in [0.15, 0.2) is 30.3 Å². The number of carbonyl (C=O) groups excluding carboxylic acids is 2. The number of cyclic esters (lactones) is 1. The Morgan fingerprint density at radius 1 is 1.31 bits per heavy atom. The second kappa shape index (κ2) is 7.78. The van der Waals surface area contributed by atoms with Gasteiger partial charge in [-0.05, 0) is 50.1 Å². The Balaban J connectivity index is 1.54. The van der Waals surface area contributed by atoms with Gasteiger partial charge in [0.15, 0.2) is 0 Å². The summed E-state index contributed by atoms with van der Waals surface area (Å²) in [7, 11) is 0. The molecule has 0 spiro atoms. The molecule has 1 atom stereocenters. The summed E-state index contributed by atoms with van der Waals surface area (Å²) in [5.74, 6) is 0. The number of hydrogen-bond acceptors (Lipinski definition) is 4. The SMILES string of the molecule is Cc1cc([C@H](C)NC(=O)Nc2ccc(CN3CCOC3=O)cc2)c(C)s1. The number of amides is 3. The fraction of sp³-hybridized carbons (Fsp3) is 0.368. The Morgan fingerprint density at radius 2 is 2.04 bits per heavy atom. The third kappa shape index (κ3) is 4.35. The molecule has 7 heteroatoms. The molecule has 1 aromatic heterocycles. The monoisotopic (exact) mass is 373 g/mol. The average molecular weight is 373 g/mol. The van der Waals surface area contributed by atoms with Crippen molar-refractivity contribution in [3.63, 3.8) is 0 Å². The summed E-state index contributed by atoms with van der Waals surface area (Å²) >= 11 is 1.73. The maximum Gasteiger partial charge on any atom is 0.410 e. The molecule has 0 saturated carbocycles. The van der Waals surface area contributed by atoms with Crippen molar-refractivity contribution >= 4 is 29.1 Å². The van der Waals surface area contributed by atoms with Crippen molar-refractivity contribution in [3.05, 3.63) is 51.2 Å². The average Bonchev–Trinajstić information content (AvgIpc) is 3.14. The van der Waals surface area contributed by atoms with Crippen molar-refractivity contribution in [3.8, 4) is 0 Å². The van der Waals surface area contributed by atoms with Crippen molar-refractivity contribution in [2.24, 2.45) is 0 Å². The Morgan fingerprint density at radius 3 is 2.62 bits per heavy atom. The van der Waals surface area contributed by atoms with Crippen molar-refractivity contribution in [1.29, 1.82) is 0 Å². The molecule has 3 amide bonds. The highest BCUT2D eigenvalue weighted by atomic mass is 32.1. The molecule has 0 radical (unpaired) electrons. The van der Waals surface area contributed by atoms with Gasteiger partial charge in [0.05, 0.1) is 12.6 Å². The fourth-order valence-electron chi connectivity index (χ4n) is 3.01. The molecule has 2 aromatic rings. The first-order valence-electron chi connectivity index (χ1n) is 8.57. The van der Waals surface area contributed by atoms with Gasteiger partial charge in [0.2, 0.25) is 0 Å². The zero-order chi connectivity index (χ0) is 18.7. The summed E-state index contributed by atoms with van der Waals surface area (Å²) in [5, 5.41) is 5.81. The van der Waals surface area contributed by atoms with Crippen LogP contribution in [0.5, 0.6) is 0 Å². The van der Waals surface area contributed by atoms with Gasteiger partial charge in [-0.3, -0.25) is 0 Å². The van der Waals surface area contributed by atoms with Crippen LogP contribution in [0.1, 0.15) is 33.8 Å². The number of hydrogen-bond donors (Lipinski definition) is 2. The zero-order valence-electron chi connectivity index (χ0n) is 15.2. The Labute approximate surface area is 157 Å². The number of anilines is 1. The summed E-state index contributed by atoms with van der Waals surface area (Å²) in [6.45, 7) is 7.68. The van der Waals surface area contributed by atoms with Crippen LogP contribution in [-0.2, 0) is 11.3 Å². The minimum Gasteiger partial charge on any atom is -0.448 e. The summed E-state index contributed by atoms with van der Waals surface area (Å²) in [5.41, 5.74) is 2.85. The number of thiophene rings is 1. The lowest BCUT2D eigenvalue weighted by Crippen LogP contribution is -2.31. The fourth-order valence-corrected chi connectivity index (χ4v) is 4.03. The highest BCUT2D eigenvalue weighted by Crippen LogP contribution is 2.26. The molecule has 138 valence electrons. The van der Waals surface area contributed by atoms with E-state index in [1.165, 1.54) is 9.75 Å². The minimum atomic E-state index is -0.278. The summed E-state index contributed by atoms with van der Waals surface area (Å²) in [4.78, 5) is 27.8. The topological polar surface area (TPSA) is 70.7 Å². The summed E-state index contributed by atoms with van der Waals surface area (Å²) < 4.78 is 4.92. The Bertz CT molecular complexity index is 801. The van der Waals surface area contributed by atoms with Gasteiger partial charge in [-0.2, -0.15) is 0 Å². The van der Waals surface area contributed by atoms with Gasteiger partial charge >= 0.3 is 12.1 Å². The second-order valence-corrected chi connectivity index (χ2v) is 7.88. The van der Waals surface area contributed by atoms with Gasteiger partial charge in [-0.15, -0.1) is 11.3 Å². The first kappa shape index (κ1) is 18.3. The number of ether oxygens (including phenoxy) is 1. The first-order chi connectivity index (χ1) is 12.4. The van der Waals surface area contributed by atoms with Crippen LogP contribution in [0.2, 0.25) is 0 Å². The van der Waals surface area contributed by atoms with Crippen molar-refractivity contribution < 1.29 is 14.3 Å². The molecule has 3 rings (SSSR count). The van der Waals surface area contributed by atoms with E-state index in [1.807, 2.05) is 31.2 Å². The van der Waals surface area contributed by atoms with Crippen LogP contribution >= 0.6 is 11.3 Å². The van der Waals surface area contributed by atoms with Crippen LogP contribution < -0.4 is 10.6 Å². The van der Waals surface area contributed by atoms with Crippen molar-refractivity contribution in [1.82, 2.24) is 10.2 Å². The number of urea groups is 1. The number of nitrogens with one attached hydrogen (secondary N) is 2. The summed E-state index contributed by atoms with van der Waals surface area (Å²) in [6, 6.07) is 9.29. The van der Waals surface area contributed by atoms with E-state index in [0.29, 0.717) is 25.4 Å². The van der Waals surface area contributed by atoms with Crippen LogP contribution in [0.25, 0.3) is 0 Å². The normalized spacial score (nSPS) is 14.9. The van der Waals surface area contributed by atoms with E-state index < -0.39 is 0 Å². The molecule has 1 aromatic carbocycles. The van der Waals surface area contributed by atoms with Gasteiger partial charge in [-0.1, -0.05) is 12.1 Å². The molecular formula is C19H23N3O3S. The lowest BCUT2D eigenvalue weighted by Gasteiger charge is -2.15. The quantitative estimate of drug-likeness (QED) is 0.825. The molecule has 1 fully saturated rings. The molecule has 0 bridgehead atoms. The minimum absolute atomic E-state index is 0.0552. The van der Waals surface area contributed by atoms with Crippen LogP contribution in [0, 0.1) is 13.8 Å². The van der Waals surface area contributed by atoms with Crippen molar-refractivity contribution in [2.75, 3.05) is 18.5 Å². The second-order valence-electron chi connectivity index (χ2n) is 6.42. The van der Waals surface area contributed by atoms with Gasteiger partial charge < -0.3 is 20.3 Å². The third-order valence-corrected chi connectivity index (χ3v) is 5.31. The van der Waals surface area contributed by atoms with Gasteiger partial charge in [0, 0.05) is 22.0 Å². The number of benzene rings is 1. The first-order valence-corrected chi connectivity index (χ1v) is 9.39. The highest BCUT2D eigenvalue weighted by molar-refractivity contribution is 7.12. The molecular weight excluding hydrogens is 350 g/mol. The van der Waals surface area contributed by atoms with E-state index in [0.717, 1.165) is 11.1 Å². The lowest BCUT2D eigenvalue weighted by atomic mass is 10.1. The molecule has 0 aliphatic carbocycles. The van der Waals surface area contributed by atoms with E-state index in [9.17, 15) is 9.59 Å². The molecule has 2 heterocycles. The summed E-state index contributed by atoms with van der Waals surface area (Å²) in [6.07, 6.45) is -0.278. The maximum atomic E-state index is 12.2. The van der Waals surface area contributed by atoms with Crippen molar-refractivity contribution in [2.45, 2.75) is 33.4 Å². The lowest BCUT2D eigenvalue weighted by molar-refractivity contribution is 0.157. The van der Waals surface area contributed by atoms with E-state index in [-0.39, 0.29) is 18.2 Å². The molecule has 1 aliphatic rings. The predicted molar refractivity (Wildman–Crippen MR) is 103 cm³/mol. The largest absolute Gasteiger partial charge is 0.448 e. The van der Waals surface area contributed by atoms with E-state index >= 15 is 0 Å². The Kier molecular flexibility index (Phi) is 5.46. The maximum absolute atomic E-state index is 12.2. The Hall–Kier alpha value is -2.54. The standard InChI is InChI=1S/C19H23N3O3S/c1-12-10-17(14(3)26-12)13(2)20-18(23)21-16-6-4-15(5-7-16)11-22-8-9-25-19(22)24/h4-7,10,13H,8-9,11H2,1-3H3,(H2,20,21,23)/t13-/m0/s1. The highest BCUT2D eigenvalue weighted by Gasteiger charge is 2.21. The zero-order valence-corrected chi connectivity index (χ0v) is 16.0. The number of carbonyl (C=O) groups is 2.